The summed E-state index contributed by atoms with van der Waals surface area (Å²) in [4.78, 5) is 0. The minimum absolute atomic E-state index is 0.742. The molecule has 1 aliphatic rings. The quantitative estimate of drug-likeness (QED) is 0.475. The van der Waals surface area contributed by atoms with Gasteiger partial charge in [0.2, 0.25) is 8.32 Å². The van der Waals surface area contributed by atoms with E-state index in [9.17, 15) is 0 Å². The van der Waals surface area contributed by atoms with E-state index in [-0.39, 0.29) is 0 Å². The molecule has 2 heteroatoms. The molecule has 0 aromatic carbocycles. The van der Waals surface area contributed by atoms with Crippen LogP contribution < -0.4 is 0 Å². The summed E-state index contributed by atoms with van der Waals surface area (Å²) in [5.41, 5.74) is 0. The molecule has 0 N–H and O–H groups in total. The van der Waals surface area contributed by atoms with Gasteiger partial charge in [-0.25, -0.2) is 0 Å². The van der Waals surface area contributed by atoms with E-state index in [1.807, 2.05) is 0 Å². The van der Waals surface area contributed by atoms with E-state index in [4.69, 9.17) is 4.43 Å². The van der Waals surface area contributed by atoms with Crippen molar-refractivity contribution in [2.45, 2.75) is 72.0 Å². The van der Waals surface area contributed by atoms with Crippen molar-refractivity contribution < 1.29 is 4.43 Å². The van der Waals surface area contributed by atoms with Crippen LogP contribution in [-0.2, 0) is 4.43 Å². The molecule has 1 saturated carbocycles. The smallest absolute Gasteiger partial charge is 0.241 e. The minimum Gasteiger partial charge on any atom is -0.548 e. The van der Waals surface area contributed by atoms with Gasteiger partial charge in [-0.15, -0.1) is 0 Å². The second-order valence-electron chi connectivity index (χ2n) is 6.46. The first-order chi connectivity index (χ1) is 7.92. The lowest BCUT2D eigenvalue weighted by atomic mass is 9.78. The Hall–Kier alpha value is -0.243. The zero-order valence-electron chi connectivity index (χ0n) is 12.4. The van der Waals surface area contributed by atoms with Crippen LogP contribution in [0, 0.1) is 11.8 Å². The zero-order valence-corrected chi connectivity index (χ0v) is 13.4. The summed E-state index contributed by atoms with van der Waals surface area (Å²) in [6.07, 6.45) is 10.8. The van der Waals surface area contributed by atoms with Crippen LogP contribution in [-0.4, -0.2) is 8.32 Å². The van der Waals surface area contributed by atoms with Gasteiger partial charge in [0.15, 0.2) is 0 Å². The molecule has 0 saturated heterocycles. The molecular weight excluding hydrogens is 224 g/mol. The molecule has 1 unspecified atom stereocenters. The van der Waals surface area contributed by atoms with Crippen LogP contribution in [0.4, 0.5) is 0 Å². The summed E-state index contributed by atoms with van der Waals surface area (Å²) in [5, 5.41) is 0. The van der Waals surface area contributed by atoms with E-state index in [0.717, 1.165) is 11.8 Å². The van der Waals surface area contributed by atoms with Crippen molar-refractivity contribution in [3.63, 3.8) is 0 Å². The molecule has 1 aliphatic carbocycles. The Morgan fingerprint density at radius 2 is 1.82 bits per heavy atom. The summed E-state index contributed by atoms with van der Waals surface area (Å²) in [7, 11) is -1.42. The summed E-state index contributed by atoms with van der Waals surface area (Å²) in [5.74, 6) is 2.82. The third kappa shape index (κ3) is 5.76. The lowest BCUT2D eigenvalue weighted by molar-refractivity contribution is 0.274. The van der Waals surface area contributed by atoms with Crippen molar-refractivity contribution in [2.75, 3.05) is 0 Å². The topological polar surface area (TPSA) is 9.23 Å². The van der Waals surface area contributed by atoms with Gasteiger partial charge >= 0.3 is 0 Å². The van der Waals surface area contributed by atoms with E-state index < -0.39 is 8.32 Å². The lowest BCUT2D eigenvalue weighted by Crippen LogP contribution is -2.25. The molecule has 0 bridgehead atoms. The van der Waals surface area contributed by atoms with E-state index in [1.165, 1.54) is 44.3 Å². The van der Waals surface area contributed by atoms with Crippen molar-refractivity contribution in [3.8, 4) is 0 Å². The monoisotopic (exact) mass is 254 g/mol. The SMILES string of the molecule is CCC(/C=C(\C)O[Si](C)(C)C)C1CCCCC1. The molecule has 0 spiro atoms. The van der Waals surface area contributed by atoms with Crippen LogP contribution in [0.2, 0.25) is 19.6 Å². The van der Waals surface area contributed by atoms with E-state index >= 15 is 0 Å². The Labute approximate surface area is 109 Å². The summed E-state index contributed by atoms with van der Waals surface area (Å²) >= 11 is 0. The Balaban J connectivity index is 2.57. The van der Waals surface area contributed by atoms with Gasteiger partial charge in [-0.1, -0.05) is 26.2 Å². The standard InChI is InChI=1S/C15H30OSi/c1-6-14(15-10-8-7-9-11-15)12-13(2)16-17(3,4)5/h12,14-15H,6-11H2,1-5H3/b13-12+. The molecule has 1 rings (SSSR count). The molecule has 0 aromatic heterocycles. The Morgan fingerprint density at radius 3 is 2.29 bits per heavy atom. The molecule has 1 atom stereocenters. The van der Waals surface area contributed by atoms with Gasteiger partial charge in [0.25, 0.3) is 0 Å². The highest BCUT2D eigenvalue weighted by atomic mass is 28.4. The van der Waals surface area contributed by atoms with Gasteiger partial charge < -0.3 is 4.43 Å². The van der Waals surface area contributed by atoms with Crippen molar-refractivity contribution in [2.24, 2.45) is 11.8 Å². The Bertz CT molecular complexity index is 246. The highest BCUT2D eigenvalue weighted by molar-refractivity contribution is 6.70. The first kappa shape index (κ1) is 14.8. The van der Waals surface area contributed by atoms with Crippen LogP contribution in [0.3, 0.4) is 0 Å². The third-order valence-electron chi connectivity index (χ3n) is 3.64. The highest BCUT2D eigenvalue weighted by Crippen LogP contribution is 2.33. The summed E-state index contributed by atoms with van der Waals surface area (Å²) in [6.45, 7) is 11.2. The van der Waals surface area contributed by atoms with Crippen LogP contribution >= 0.6 is 0 Å². The summed E-state index contributed by atoms with van der Waals surface area (Å²) in [6, 6.07) is 0. The molecule has 0 heterocycles. The van der Waals surface area contributed by atoms with Crippen LogP contribution in [0.1, 0.15) is 52.4 Å². The van der Waals surface area contributed by atoms with Crippen molar-refractivity contribution >= 4 is 8.32 Å². The Morgan fingerprint density at radius 1 is 1.24 bits per heavy atom. The van der Waals surface area contributed by atoms with Crippen molar-refractivity contribution in [1.82, 2.24) is 0 Å². The molecule has 1 nitrogen and oxygen atoms in total. The van der Waals surface area contributed by atoms with E-state index in [2.05, 4.69) is 39.6 Å². The molecular formula is C15H30OSi. The molecule has 0 aromatic rings. The molecule has 1 fully saturated rings. The first-order valence-electron chi connectivity index (χ1n) is 7.30. The molecule has 0 amide bonds. The number of allylic oxidation sites excluding steroid dienone is 2. The van der Waals surface area contributed by atoms with Crippen LogP contribution in [0.25, 0.3) is 0 Å². The first-order valence-corrected chi connectivity index (χ1v) is 10.7. The fraction of sp³-hybridized carbons (Fsp3) is 0.867. The maximum absolute atomic E-state index is 6.06. The van der Waals surface area contributed by atoms with Crippen molar-refractivity contribution in [3.05, 3.63) is 11.8 Å². The zero-order chi connectivity index (χ0) is 12.9. The maximum Gasteiger partial charge on any atom is 0.241 e. The van der Waals surface area contributed by atoms with Gasteiger partial charge in [-0.05, 0) is 63.7 Å². The maximum atomic E-state index is 6.06. The number of hydrogen-bond acceptors (Lipinski definition) is 1. The van der Waals surface area contributed by atoms with Gasteiger partial charge in [0.05, 0.1) is 5.76 Å². The van der Waals surface area contributed by atoms with Gasteiger partial charge in [0.1, 0.15) is 0 Å². The second-order valence-corrected chi connectivity index (χ2v) is 10.9. The van der Waals surface area contributed by atoms with E-state index in [0.29, 0.717) is 0 Å². The molecule has 0 aliphatic heterocycles. The van der Waals surface area contributed by atoms with Gasteiger partial charge in [-0.2, -0.15) is 0 Å². The highest BCUT2D eigenvalue weighted by Gasteiger charge is 2.22. The Kier molecular flexibility index (Phi) is 5.77. The fourth-order valence-electron chi connectivity index (χ4n) is 2.97. The second kappa shape index (κ2) is 6.63. The predicted octanol–water partition coefficient (Wildman–Crippen LogP) is 5.35. The van der Waals surface area contributed by atoms with Gasteiger partial charge in [0, 0.05) is 0 Å². The predicted molar refractivity (Wildman–Crippen MR) is 78.5 cm³/mol. The fourth-order valence-corrected chi connectivity index (χ4v) is 4.00. The molecule has 100 valence electrons. The van der Waals surface area contributed by atoms with Gasteiger partial charge in [-0.3, -0.25) is 0 Å². The average Bonchev–Trinajstić information content (AvgIpc) is 2.24. The minimum atomic E-state index is -1.42. The third-order valence-corrected chi connectivity index (χ3v) is 4.58. The van der Waals surface area contributed by atoms with E-state index in [1.54, 1.807) is 0 Å². The number of hydrogen-bond donors (Lipinski definition) is 0. The van der Waals surface area contributed by atoms with Crippen LogP contribution in [0.5, 0.6) is 0 Å². The normalized spacial score (nSPS) is 21.4. The lowest BCUT2D eigenvalue weighted by Gasteiger charge is -2.29. The average molecular weight is 254 g/mol. The largest absolute Gasteiger partial charge is 0.548 e. The van der Waals surface area contributed by atoms with Crippen LogP contribution in [0.15, 0.2) is 11.8 Å². The van der Waals surface area contributed by atoms with Crippen molar-refractivity contribution in [1.29, 1.82) is 0 Å². The molecule has 17 heavy (non-hydrogen) atoms. The molecule has 0 radical (unpaired) electrons. The number of rotatable bonds is 5. The summed E-state index contributed by atoms with van der Waals surface area (Å²) < 4.78 is 6.06.